The number of hydrogen-bond donors (Lipinski definition) is 3. The molecule has 0 amide bonds. The lowest BCUT2D eigenvalue weighted by molar-refractivity contribution is 1.22. The number of aromatic nitrogens is 1. The van der Waals surface area contributed by atoms with Gasteiger partial charge in [-0.3, -0.25) is 0 Å². The van der Waals surface area contributed by atoms with E-state index in [4.69, 9.17) is 23.1 Å². The maximum absolute atomic E-state index is 6.60. The van der Waals surface area contributed by atoms with E-state index in [-0.39, 0.29) is 5.96 Å². The van der Waals surface area contributed by atoms with Crippen molar-refractivity contribution in [2.45, 2.75) is 0 Å². The van der Waals surface area contributed by atoms with Crippen molar-refractivity contribution in [1.82, 2.24) is 4.98 Å². The predicted octanol–water partition coefficient (Wildman–Crippen LogP) is 3.10. The molecular formula is C16H14ClN5. The Morgan fingerprint density at radius 2 is 1.86 bits per heavy atom. The van der Waals surface area contributed by atoms with Gasteiger partial charge in [-0.15, -0.1) is 5.10 Å². The van der Waals surface area contributed by atoms with E-state index < -0.39 is 0 Å². The second-order valence-electron chi connectivity index (χ2n) is 4.73. The highest BCUT2D eigenvalue weighted by Crippen LogP contribution is 2.35. The molecule has 0 atom stereocenters. The van der Waals surface area contributed by atoms with Crippen LogP contribution in [0.5, 0.6) is 0 Å². The molecule has 0 spiro atoms. The summed E-state index contributed by atoms with van der Waals surface area (Å²) in [6.45, 7) is 0. The first-order valence-electron chi connectivity index (χ1n) is 6.64. The Balaban J connectivity index is 2.14. The summed E-state index contributed by atoms with van der Waals surface area (Å²) in [7, 11) is 0. The number of H-pyrrole nitrogens is 1. The van der Waals surface area contributed by atoms with Crippen LogP contribution < -0.4 is 11.5 Å². The number of benzene rings is 2. The van der Waals surface area contributed by atoms with Crippen LogP contribution in [0.15, 0.2) is 58.9 Å². The van der Waals surface area contributed by atoms with Gasteiger partial charge in [0.1, 0.15) is 0 Å². The summed E-state index contributed by atoms with van der Waals surface area (Å²) >= 11 is 6.60. The van der Waals surface area contributed by atoms with Crippen LogP contribution in [0.25, 0.3) is 22.0 Å². The van der Waals surface area contributed by atoms with Gasteiger partial charge in [-0.05, 0) is 11.6 Å². The third-order valence-corrected chi connectivity index (χ3v) is 3.66. The molecule has 0 saturated heterocycles. The van der Waals surface area contributed by atoms with Gasteiger partial charge in [-0.25, -0.2) is 0 Å². The molecule has 0 radical (unpaired) electrons. The van der Waals surface area contributed by atoms with Crippen molar-refractivity contribution in [3.05, 3.63) is 59.2 Å². The molecule has 0 aliphatic rings. The van der Waals surface area contributed by atoms with E-state index in [1.807, 2.05) is 48.7 Å². The summed E-state index contributed by atoms with van der Waals surface area (Å²) in [4.78, 5) is 3.16. The summed E-state index contributed by atoms with van der Waals surface area (Å²) in [5.74, 6) is -0.0906. The van der Waals surface area contributed by atoms with E-state index in [0.29, 0.717) is 5.02 Å². The molecule has 3 rings (SSSR count). The Hall–Kier alpha value is -2.79. The van der Waals surface area contributed by atoms with Crippen LogP contribution in [0.2, 0.25) is 5.02 Å². The molecule has 5 N–H and O–H groups in total. The highest BCUT2D eigenvalue weighted by molar-refractivity contribution is 6.39. The monoisotopic (exact) mass is 311 g/mol. The van der Waals surface area contributed by atoms with E-state index in [1.165, 1.54) is 0 Å². The summed E-state index contributed by atoms with van der Waals surface area (Å²) in [6, 6.07) is 14.0. The van der Waals surface area contributed by atoms with Gasteiger partial charge in [0, 0.05) is 28.2 Å². The number of halogens is 1. The molecule has 0 bridgehead atoms. The lowest BCUT2D eigenvalue weighted by Crippen LogP contribution is -2.21. The molecule has 0 fully saturated rings. The van der Waals surface area contributed by atoms with E-state index in [9.17, 15) is 0 Å². The molecule has 22 heavy (non-hydrogen) atoms. The van der Waals surface area contributed by atoms with Crippen molar-refractivity contribution in [3.63, 3.8) is 0 Å². The van der Waals surface area contributed by atoms with Gasteiger partial charge in [-0.1, -0.05) is 48.0 Å². The van der Waals surface area contributed by atoms with Crippen molar-refractivity contribution in [3.8, 4) is 11.1 Å². The second kappa shape index (κ2) is 5.91. The minimum Gasteiger partial charge on any atom is -0.369 e. The van der Waals surface area contributed by atoms with Crippen molar-refractivity contribution in [2.75, 3.05) is 0 Å². The summed E-state index contributed by atoms with van der Waals surface area (Å²) < 4.78 is 0. The standard InChI is InChI=1S/C16H14ClN5/c17-15-12(10-4-2-1-3-5-10)6-7-13-14(15)11(8-20-13)9-21-22-16(18)19/h1-9,20H,(H4,18,19,22)/b21-9-. The molecule has 1 aromatic heterocycles. The Kier molecular flexibility index (Phi) is 3.80. The second-order valence-corrected chi connectivity index (χ2v) is 5.11. The summed E-state index contributed by atoms with van der Waals surface area (Å²) in [5.41, 5.74) is 14.3. The van der Waals surface area contributed by atoms with Gasteiger partial charge in [0.05, 0.1) is 11.2 Å². The van der Waals surface area contributed by atoms with E-state index in [0.717, 1.165) is 27.6 Å². The van der Waals surface area contributed by atoms with Crippen LogP contribution in [-0.2, 0) is 0 Å². The fourth-order valence-electron chi connectivity index (χ4n) is 2.31. The minimum absolute atomic E-state index is 0.0906. The van der Waals surface area contributed by atoms with Gasteiger partial charge in [-0.2, -0.15) is 5.10 Å². The Labute approximate surface area is 132 Å². The highest BCUT2D eigenvalue weighted by Gasteiger charge is 2.11. The molecule has 0 aliphatic carbocycles. The summed E-state index contributed by atoms with van der Waals surface area (Å²) in [5, 5.41) is 8.99. The van der Waals surface area contributed by atoms with Crippen molar-refractivity contribution in [2.24, 2.45) is 21.7 Å². The molecule has 110 valence electrons. The Morgan fingerprint density at radius 3 is 2.59 bits per heavy atom. The molecule has 0 aliphatic heterocycles. The maximum Gasteiger partial charge on any atom is 0.211 e. The lowest BCUT2D eigenvalue weighted by atomic mass is 10.0. The zero-order valence-corrected chi connectivity index (χ0v) is 12.4. The largest absolute Gasteiger partial charge is 0.369 e. The molecular weight excluding hydrogens is 298 g/mol. The van der Waals surface area contributed by atoms with Gasteiger partial charge in [0.15, 0.2) is 0 Å². The summed E-state index contributed by atoms with van der Waals surface area (Å²) in [6.07, 6.45) is 3.39. The van der Waals surface area contributed by atoms with Crippen LogP contribution >= 0.6 is 11.6 Å². The smallest absolute Gasteiger partial charge is 0.211 e. The lowest BCUT2D eigenvalue weighted by Gasteiger charge is -2.06. The number of fused-ring (bicyclic) bond motifs is 1. The zero-order valence-electron chi connectivity index (χ0n) is 11.6. The van der Waals surface area contributed by atoms with Crippen molar-refractivity contribution in [1.29, 1.82) is 0 Å². The van der Waals surface area contributed by atoms with Crippen LogP contribution in [0.3, 0.4) is 0 Å². The molecule has 6 heteroatoms. The number of nitrogens with two attached hydrogens (primary N) is 2. The average molecular weight is 312 g/mol. The molecule has 0 saturated carbocycles. The normalized spacial score (nSPS) is 11.1. The molecule has 0 unspecified atom stereocenters. The minimum atomic E-state index is -0.0906. The van der Waals surface area contributed by atoms with Gasteiger partial charge in [0.25, 0.3) is 0 Å². The van der Waals surface area contributed by atoms with Crippen LogP contribution in [-0.4, -0.2) is 17.2 Å². The predicted molar refractivity (Wildman–Crippen MR) is 92.1 cm³/mol. The fraction of sp³-hybridized carbons (Fsp3) is 0. The molecule has 3 aromatic rings. The average Bonchev–Trinajstić information content (AvgIpc) is 2.92. The fourth-order valence-corrected chi connectivity index (χ4v) is 2.69. The Bertz CT molecular complexity index is 861. The number of nitrogens with one attached hydrogen (secondary N) is 1. The third kappa shape index (κ3) is 2.66. The van der Waals surface area contributed by atoms with Crippen LogP contribution in [0.4, 0.5) is 0 Å². The number of hydrogen-bond acceptors (Lipinski definition) is 2. The third-order valence-electron chi connectivity index (χ3n) is 3.27. The first-order chi connectivity index (χ1) is 10.7. The first-order valence-corrected chi connectivity index (χ1v) is 7.01. The van der Waals surface area contributed by atoms with E-state index in [1.54, 1.807) is 6.21 Å². The molecule has 2 aromatic carbocycles. The van der Waals surface area contributed by atoms with Crippen LogP contribution in [0.1, 0.15) is 5.56 Å². The van der Waals surface area contributed by atoms with E-state index in [2.05, 4.69) is 15.2 Å². The number of aromatic amines is 1. The van der Waals surface area contributed by atoms with Crippen molar-refractivity contribution < 1.29 is 0 Å². The van der Waals surface area contributed by atoms with Crippen LogP contribution in [0, 0.1) is 0 Å². The van der Waals surface area contributed by atoms with Gasteiger partial charge >= 0.3 is 0 Å². The highest BCUT2D eigenvalue weighted by atomic mass is 35.5. The molecule has 5 nitrogen and oxygen atoms in total. The van der Waals surface area contributed by atoms with E-state index >= 15 is 0 Å². The van der Waals surface area contributed by atoms with Crippen molar-refractivity contribution >= 4 is 34.7 Å². The SMILES string of the molecule is NC(N)=N/N=C\c1c[nH]c2ccc(-c3ccccc3)c(Cl)c12. The number of nitrogens with zero attached hydrogens (tertiary/aromatic N) is 2. The zero-order chi connectivity index (χ0) is 15.5. The topological polar surface area (TPSA) is 92.6 Å². The quantitative estimate of drug-likeness (QED) is 0.394. The first kappa shape index (κ1) is 14.2. The Morgan fingerprint density at radius 1 is 1.09 bits per heavy atom. The van der Waals surface area contributed by atoms with Gasteiger partial charge in [0.2, 0.25) is 5.96 Å². The number of guanidine groups is 1. The maximum atomic E-state index is 6.60. The number of rotatable bonds is 3. The molecule has 1 heterocycles. The van der Waals surface area contributed by atoms with Gasteiger partial charge < -0.3 is 16.5 Å².